The molecule has 2 N–H and O–H groups in total. The second-order valence-electron chi connectivity index (χ2n) is 5.10. The van der Waals surface area contributed by atoms with Gasteiger partial charge in [0.25, 0.3) is 5.91 Å². The standard InChI is InChI=1S/C15H19N3O2S/c1-10(19)12-6-13(16-7-12)15(20)17-8-14(18(2)3)11-4-5-21-9-11/h4-7,9,14,16H,8H2,1-3H3,(H,17,20). The highest BCUT2D eigenvalue weighted by atomic mass is 32.1. The second-order valence-corrected chi connectivity index (χ2v) is 5.88. The number of carbonyl (C=O) groups is 2. The number of carbonyl (C=O) groups excluding carboxylic acids is 2. The van der Waals surface area contributed by atoms with Crippen molar-refractivity contribution >= 4 is 23.0 Å². The molecule has 6 heteroatoms. The van der Waals surface area contributed by atoms with Crippen LogP contribution in [0.1, 0.15) is 39.4 Å². The fourth-order valence-electron chi connectivity index (χ4n) is 2.08. The minimum absolute atomic E-state index is 0.0604. The van der Waals surface area contributed by atoms with Crippen LogP contribution in [0.25, 0.3) is 0 Å². The molecular weight excluding hydrogens is 286 g/mol. The number of hydrogen-bond acceptors (Lipinski definition) is 4. The molecule has 0 aliphatic heterocycles. The zero-order chi connectivity index (χ0) is 15.4. The molecule has 1 unspecified atom stereocenters. The van der Waals surface area contributed by atoms with E-state index in [0.717, 1.165) is 0 Å². The third-order valence-electron chi connectivity index (χ3n) is 3.34. The lowest BCUT2D eigenvalue weighted by Crippen LogP contribution is -2.34. The van der Waals surface area contributed by atoms with Gasteiger partial charge in [-0.3, -0.25) is 9.59 Å². The number of hydrogen-bond donors (Lipinski definition) is 2. The normalized spacial score (nSPS) is 12.4. The van der Waals surface area contributed by atoms with Gasteiger partial charge in [-0.1, -0.05) is 0 Å². The Morgan fingerprint density at radius 3 is 2.71 bits per heavy atom. The van der Waals surface area contributed by atoms with E-state index in [2.05, 4.69) is 26.6 Å². The van der Waals surface area contributed by atoms with E-state index in [0.29, 0.717) is 17.8 Å². The van der Waals surface area contributed by atoms with Crippen LogP contribution in [0.3, 0.4) is 0 Å². The number of aromatic nitrogens is 1. The van der Waals surface area contributed by atoms with Crippen molar-refractivity contribution in [3.63, 3.8) is 0 Å². The van der Waals surface area contributed by atoms with Gasteiger partial charge in [0, 0.05) is 18.3 Å². The van der Waals surface area contributed by atoms with E-state index < -0.39 is 0 Å². The van der Waals surface area contributed by atoms with E-state index >= 15 is 0 Å². The number of aromatic amines is 1. The molecule has 1 amide bonds. The van der Waals surface area contributed by atoms with Crippen molar-refractivity contribution in [1.29, 1.82) is 0 Å². The van der Waals surface area contributed by atoms with E-state index in [-0.39, 0.29) is 17.7 Å². The predicted octanol–water partition coefficient (Wildman–Crippen LogP) is 2.31. The maximum absolute atomic E-state index is 12.1. The summed E-state index contributed by atoms with van der Waals surface area (Å²) in [5.41, 5.74) is 2.10. The van der Waals surface area contributed by atoms with Crippen molar-refractivity contribution in [1.82, 2.24) is 15.2 Å². The summed E-state index contributed by atoms with van der Waals surface area (Å²) in [4.78, 5) is 28.2. The quantitative estimate of drug-likeness (QED) is 0.805. The third kappa shape index (κ3) is 3.80. The van der Waals surface area contributed by atoms with Crippen molar-refractivity contribution in [2.75, 3.05) is 20.6 Å². The fourth-order valence-corrected chi connectivity index (χ4v) is 2.78. The Morgan fingerprint density at radius 2 is 2.19 bits per heavy atom. The van der Waals surface area contributed by atoms with Gasteiger partial charge < -0.3 is 15.2 Å². The lowest BCUT2D eigenvalue weighted by Gasteiger charge is -2.23. The monoisotopic (exact) mass is 305 g/mol. The Bertz CT molecular complexity index is 617. The molecule has 0 saturated heterocycles. The highest BCUT2D eigenvalue weighted by Crippen LogP contribution is 2.20. The molecule has 0 saturated carbocycles. The van der Waals surface area contributed by atoms with Gasteiger partial charge in [0.15, 0.2) is 5.78 Å². The molecule has 0 aromatic carbocycles. The molecule has 1 atom stereocenters. The van der Waals surface area contributed by atoms with Crippen LogP contribution in [0.2, 0.25) is 0 Å². The number of likely N-dealkylation sites (N-methyl/N-ethyl adjacent to an activating group) is 1. The number of nitrogens with zero attached hydrogens (tertiary/aromatic N) is 1. The number of amides is 1. The molecule has 0 aliphatic rings. The van der Waals surface area contributed by atoms with Gasteiger partial charge >= 0.3 is 0 Å². The highest BCUT2D eigenvalue weighted by molar-refractivity contribution is 7.07. The van der Waals surface area contributed by atoms with E-state index in [1.54, 1.807) is 23.6 Å². The minimum Gasteiger partial charge on any atom is -0.356 e. The van der Waals surface area contributed by atoms with Gasteiger partial charge in [-0.15, -0.1) is 0 Å². The summed E-state index contributed by atoms with van der Waals surface area (Å²) < 4.78 is 0. The smallest absolute Gasteiger partial charge is 0.267 e. The Balaban J connectivity index is 2.00. The lowest BCUT2D eigenvalue weighted by atomic mass is 10.1. The molecule has 2 heterocycles. The summed E-state index contributed by atoms with van der Waals surface area (Å²) in [6.45, 7) is 1.99. The Hall–Kier alpha value is -1.92. The van der Waals surface area contributed by atoms with E-state index in [4.69, 9.17) is 0 Å². The topological polar surface area (TPSA) is 65.2 Å². The molecule has 5 nitrogen and oxygen atoms in total. The minimum atomic E-state index is -0.204. The van der Waals surface area contributed by atoms with Gasteiger partial charge in [-0.25, -0.2) is 0 Å². The van der Waals surface area contributed by atoms with Crippen LogP contribution in [-0.2, 0) is 0 Å². The van der Waals surface area contributed by atoms with E-state index in [9.17, 15) is 9.59 Å². The van der Waals surface area contributed by atoms with Gasteiger partial charge in [0.05, 0.1) is 6.04 Å². The first-order valence-corrected chi connectivity index (χ1v) is 7.59. The SMILES string of the molecule is CC(=O)c1c[nH]c(C(=O)NCC(c2ccsc2)N(C)C)c1. The summed E-state index contributed by atoms with van der Waals surface area (Å²) in [6, 6.07) is 3.76. The van der Waals surface area contributed by atoms with Crippen LogP contribution in [0.5, 0.6) is 0 Å². The molecular formula is C15H19N3O2S. The van der Waals surface area contributed by atoms with Crippen LogP contribution < -0.4 is 5.32 Å². The third-order valence-corrected chi connectivity index (χ3v) is 4.04. The van der Waals surface area contributed by atoms with Gasteiger partial charge in [-0.05, 0) is 49.5 Å². The van der Waals surface area contributed by atoms with Crippen molar-refractivity contribution in [2.45, 2.75) is 13.0 Å². The fraction of sp³-hybridized carbons (Fsp3) is 0.333. The molecule has 0 radical (unpaired) electrons. The molecule has 0 spiro atoms. The molecule has 0 fully saturated rings. The lowest BCUT2D eigenvalue weighted by molar-refractivity contribution is 0.0937. The molecule has 2 rings (SSSR count). The van der Waals surface area contributed by atoms with Crippen molar-refractivity contribution in [3.05, 3.63) is 45.9 Å². The van der Waals surface area contributed by atoms with Crippen LogP contribution in [0.15, 0.2) is 29.1 Å². The predicted molar refractivity (Wildman–Crippen MR) is 83.9 cm³/mol. The summed E-state index contributed by atoms with van der Waals surface area (Å²) in [6.07, 6.45) is 1.56. The number of rotatable bonds is 6. The van der Waals surface area contributed by atoms with Gasteiger partial charge in [0.1, 0.15) is 5.69 Å². The van der Waals surface area contributed by atoms with Gasteiger partial charge in [-0.2, -0.15) is 11.3 Å². The second kappa shape index (κ2) is 6.69. The van der Waals surface area contributed by atoms with Crippen LogP contribution in [0.4, 0.5) is 0 Å². The largest absolute Gasteiger partial charge is 0.356 e. The van der Waals surface area contributed by atoms with Gasteiger partial charge in [0.2, 0.25) is 0 Å². The molecule has 2 aromatic heterocycles. The molecule has 0 aliphatic carbocycles. The Labute approximate surface area is 128 Å². The maximum Gasteiger partial charge on any atom is 0.267 e. The first kappa shape index (κ1) is 15.5. The summed E-state index contributed by atoms with van der Waals surface area (Å²) in [7, 11) is 3.97. The van der Waals surface area contributed by atoms with Crippen molar-refractivity contribution in [3.8, 4) is 0 Å². The van der Waals surface area contributed by atoms with Crippen molar-refractivity contribution < 1.29 is 9.59 Å². The van der Waals surface area contributed by atoms with Crippen LogP contribution in [0, 0.1) is 0 Å². The molecule has 0 bridgehead atoms. The van der Waals surface area contributed by atoms with E-state index in [1.807, 2.05) is 19.5 Å². The number of thiophene rings is 1. The first-order chi connectivity index (χ1) is 9.99. The number of ketones is 1. The zero-order valence-corrected chi connectivity index (χ0v) is 13.2. The van der Waals surface area contributed by atoms with E-state index in [1.165, 1.54) is 12.5 Å². The molecule has 112 valence electrons. The average Bonchev–Trinajstić information content (AvgIpc) is 3.09. The van der Waals surface area contributed by atoms with Crippen LogP contribution >= 0.6 is 11.3 Å². The van der Waals surface area contributed by atoms with Crippen molar-refractivity contribution in [2.24, 2.45) is 0 Å². The molecule has 2 aromatic rings. The Kier molecular flexibility index (Phi) is 4.93. The maximum atomic E-state index is 12.1. The average molecular weight is 305 g/mol. The number of nitrogens with one attached hydrogen (secondary N) is 2. The molecule has 21 heavy (non-hydrogen) atoms. The van der Waals surface area contributed by atoms with Crippen LogP contribution in [-0.4, -0.2) is 42.2 Å². The summed E-state index contributed by atoms with van der Waals surface area (Å²) in [5, 5.41) is 7.01. The summed E-state index contributed by atoms with van der Waals surface area (Å²) >= 11 is 1.64. The first-order valence-electron chi connectivity index (χ1n) is 6.65. The number of Topliss-reactive ketones (excluding diaryl/α,β-unsaturated/α-hetero) is 1. The zero-order valence-electron chi connectivity index (χ0n) is 12.3. The Morgan fingerprint density at radius 1 is 1.43 bits per heavy atom. The summed E-state index contributed by atoms with van der Waals surface area (Å²) in [5.74, 6) is -0.265. The highest BCUT2D eigenvalue weighted by Gasteiger charge is 2.17. The number of H-pyrrole nitrogens is 1.